The molecule has 58 valence electrons. The van der Waals surface area contributed by atoms with Gasteiger partial charge in [-0.3, -0.25) is 0 Å². The number of hydrogen-bond acceptors (Lipinski definition) is 3. The molecular formula is C6H7N2O2S+. The number of carbonyl (C=O) groups excluding carboxylic acids is 1. The third kappa shape index (κ3) is 1.06. The molecule has 1 N–H and O–H groups in total. The van der Waals surface area contributed by atoms with E-state index in [9.17, 15) is 4.79 Å². The molecule has 11 heavy (non-hydrogen) atoms. The number of thiocarbonyl (C=S) groups is 1. The van der Waals surface area contributed by atoms with Crippen molar-refractivity contribution in [2.24, 2.45) is 0 Å². The second kappa shape index (κ2) is 2.35. The minimum atomic E-state index is -0.435. The molecule has 1 atom stereocenters. The third-order valence-electron chi connectivity index (χ3n) is 1.69. The Balaban J connectivity index is 2.35. The van der Waals surface area contributed by atoms with Crippen LogP contribution in [-0.4, -0.2) is 41.1 Å². The number of fused-ring (bicyclic) bond motifs is 1. The first-order valence-electron chi connectivity index (χ1n) is 3.35. The van der Waals surface area contributed by atoms with Gasteiger partial charge in [-0.2, -0.15) is 5.32 Å². The summed E-state index contributed by atoms with van der Waals surface area (Å²) in [5.74, 6) is -0.161. The van der Waals surface area contributed by atoms with Crippen molar-refractivity contribution in [2.75, 3.05) is 13.2 Å². The van der Waals surface area contributed by atoms with E-state index in [1.54, 1.807) is 6.21 Å². The highest BCUT2D eigenvalue weighted by Crippen LogP contribution is 2.01. The van der Waals surface area contributed by atoms with Gasteiger partial charge in [0.15, 0.2) is 0 Å². The summed E-state index contributed by atoms with van der Waals surface area (Å²) in [4.78, 5) is 11.0. The molecule has 4 nitrogen and oxygen atoms in total. The van der Waals surface area contributed by atoms with Crippen LogP contribution in [0, 0.1) is 0 Å². The van der Waals surface area contributed by atoms with E-state index in [1.165, 1.54) is 0 Å². The predicted octanol–water partition coefficient (Wildman–Crippen LogP) is -1.12. The van der Waals surface area contributed by atoms with Crippen molar-refractivity contribution in [2.45, 2.75) is 6.10 Å². The monoisotopic (exact) mass is 171 g/mol. The molecule has 0 radical (unpaired) electrons. The summed E-state index contributed by atoms with van der Waals surface area (Å²) in [5.41, 5.74) is 0. The average molecular weight is 171 g/mol. The number of ether oxygens (including phenoxy) is 1. The quantitative estimate of drug-likeness (QED) is 0.371. The Hall–Kier alpha value is -0.810. The van der Waals surface area contributed by atoms with Gasteiger partial charge in [0.1, 0.15) is 12.8 Å². The summed E-state index contributed by atoms with van der Waals surface area (Å²) in [5, 5.41) is 3.02. The third-order valence-corrected chi connectivity index (χ3v) is 2.03. The summed E-state index contributed by atoms with van der Waals surface area (Å²) < 4.78 is 6.96. The lowest BCUT2D eigenvalue weighted by atomic mass is 10.3. The van der Waals surface area contributed by atoms with Gasteiger partial charge in [-0.05, 0) is 0 Å². The van der Waals surface area contributed by atoms with E-state index < -0.39 is 6.10 Å². The zero-order valence-electron chi connectivity index (χ0n) is 5.74. The molecule has 0 fully saturated rings. The van der Waals surface area contributed by atoms with E-state index in [-0.39, 0.29) is 5.91 Å². The molecule has 1 unspecified atom stereocenters. The zero-order valence-corrected chi connectivity index (χ0v) is 6.56. The first-order valence-corrected chi connectivity index (χ1v) is 3.76. The molecule has 5 heteroatoms. The van der Waals surface area contributed by atoms with Crippen LogP contribution in [0.25, 0.3) is 0 Å². The van der Waals surface area contributed by atoms with Crippen LogP contribution in [-0.2, 0) is 9.53 Å². The smallest absolute Gasteiger partial charge is 0.351 e. The Morgan fingerprint density at radius 1 is 1.82 bits per heavy atom. The van der Waals surface area contributed by atoms with Crippen LogP contribution in [0.3, 0.4) is 0 Å². The fourth-order valence-corrected chi connectivity index (χ4v) is 1.37. The average Bonchev–Trinajstić information content (AvgIpc) is 2.02. The summed E-state index contributed by atoms with van der Waals surface area (Å²) in [6.07, 6.45) is 1.28. The Morgan fingerprint density at radius 2 is 2.64 bits per heavy atom. The lowest BCUT2D eigenvalue weighted by Gasteiger charge is -2.21. The van der Waals surface area contributed by atoms with Crippen molar-refractivity contribution >= 4 is 29.5 Å². The molecule has 0 spiro atoms. The van der Waals surface area contributed by atoms with Gasteiger partial charge in [-0.25, -0.2) is 9.37 Å². The van der Waals surface area contributed by atoms with Crippen LogP contribution < -0.4 is 5.32 Å². The molecule has 0 aromatic heterocycles. The van der Waals surface area contributed by atoms with Gasteiger partial charge >= 0.3 is 11.0 Å². The van der Waals surface area contributed by atoms with Gasteiger partial charge in [-0.15, -0.1) is 0 Å². The summed E-state index contributed by atoms with van der Waals surface area (Å²) in [6.45, 7) is 1.30. The molecule has 0 saturated carbocycles. The molecule has 2 heterocycles. The van der Waals surface area contributed by atoms with E-state index in [1.807, 2.05) is 4.58 Å². The zero-order chi connectivity index (χ0) is 7.84. The number of hydrogen-bond donors (Lipinski definition) is 1. The lowest BCUT2D eigenvalue weighted by molar-refractivity contribution is -0.425. The second-order valence-corrected chi connectivity index (χ2v) is 2.81. The van der Waals surface area contributed by atoms with Gasteiger partial charge < -0.3 is 4.74 Å². The maximum Gasteiger partial charge on any atom is 0.351 e. The van der Waals surface area contributed by atoms with Crippen LogP contribution in [0.5, 0.6) is 0 Å². The molecule has 2 bridgehead atoms. The highest BCUT2D eigenvalue weighted by molar-refractivity contribution is 7.80. The molecule has 1 amide bonds. The number of nitrogens with one attached hydrogen (secondary N) is 1. The van der Waals surface area contributed by atoms with Gasteiger partial charge in [0.05, 0.1) is 6.61 Å². The minimum absolute atomic E-state index is 0.161. The molecule has 2 rings (SSSR count). The largest absolute Gasteiger partial charge is 0.355 e. The molecule has 0 aromatic carbocycles. The summed E-state index contributed by atoms with van der Waals surface area (Å²) in [6, 6.07) is 0. The maximum absolute atomic E-state index is 11.0. The minimum Gasteiger partial charge on any atom is -0.355 e. The number of amides is 1. The van der Waals surface area contributed by atoms with E-state index >= 15 is 0 Å². The van der Waals surface area contributed by atoms with Crippen LogP contribution in [0.4, 0.5) is 0 Å². The number of nitrogens with zero attached hydrogens (tertiary/aromatic N) is 1. The summed E-state index contributed by atoms with van der Waals surface area (Å²) in [7, 11) is 0. The highest BCUT2D eigenvalue weighted by atomic mass is 32.1. The van der Waals surface area contributed by atoms with Gasteiger partial charge in [-0.1, -0.05) is 0 Å². The summed E-state index contributed by atoms with van der Waals surface area (Å²) >= 11 is 4.90. The van der Waals surface area contributed by atoms with Gasteiger partial charge in [0.2, 0.25) is 6.10 Å². The van der Waals surface area contributed by atoms with Crippen LogP contribution >= 0.6 is 12.2 Å². The second-order valence-electron chi connectivity index (χ2n) is 2.43. The van der Waals surface area contributed by atoms with E-state index in [0.29, 0.717) is 11.7 Å². The SMILES string of the molecule is O=C1NC(=S)[N+]2=CC1OCC2. The van der Waals surface area contributed by atoms with E-state index in [2.05, 4.69) is 5.32 Å². The van der Waals surface area contributed by atoms with Crippen molar-refractivity contribution < 1.29 is 14.1 Å². The van der Waals surface area contributed by atoms with Crippen molar-refractivity contribution in [3.05, 3.63) is 0 Å². The molecule has 0 saturated heterocycles. The lowest BCUT2D eigenvalue weighted by Crippen LogP contribution is -2.55. The van der Waals surface area contributed by atoms with Crippen LogP contribution in [0.2, 0.25) is 0 Å². The van der Waals surface area contributed by atoms with Crippen molar-refractivity contribution in [3.8, 4) is 0 Å². The Morgan fingerprint density at radius 3 is 3.45 bits per heavy atom. The van der Waals surface area contributed by atoms with Crippen molar-refractivity contribution in [3.63, 3.8) is 0 Å². The predicted molar refractivity (Wildman–Crippen MR) is 41.7 cm³/mol. The van der Waals surface area contributed by atoms with E-state index in [4.69, 9.17) is 17.0 Å². The molecule has 2 aliphatic rings. The number of rotatable bonds is 0. The van der Waals surface area contributed by atoms with Gasteiger partial charge in [0, 0.05) is 12.2 Å². The molecule has 2 aliphatic heterocycles. The van der Waals surface area contributed by atoms with Crippen molar-refractivity contribution in [1.29, 1.82) is 0 Å². The number of carbonyl (C=O) groups is 1. The first-order chi connectivity index (χ1) is 5.27. The molecule has 0 aromatic rings. The fourth-order valence-electron chi connectivity index (χ4n) is 1.12. The van der Waals surface area contributed by atoms with Crippen molar-refractivity contribution in [1.82, 2.24) is 5.32 Å². The van der Waals surface area contributed by atoms with Crippen LogP contribution in [0.15, 0.2) is 0 Å². The molecule has 0 aliphatic carbocycles. The normalized spacial score (nSPS) is 29.5. The maximum atomic E-state index is 11.0. The Bertz CT molecular complexity index is 261. The Kier molecular flexibility index (Phi) is 1.47. The fraction of sp³-hybridized carbons (Fsp3) is 0.500. The highest BCUT2D eigenvalue weighted by Gasteiger charge is 2.35. The standard InChI is InChI=1S/C6H6N2O2S/c9-5-4-3-8(1-2-10-4)6(11)7-5/h3-4H,1-2H2/p+1. The first kappa shape index (κ1) is 6.87. The van der Waals surface area contributed by atoms with E-state index in [0.717, 1.165) is 6.54 Å². The van der Waals surface area contributed by atoms with Gasteiger partial charge in [0.25, 0.3) is 0 Å². The Labute approximate surface area is 68.8 Å². The van der Waals surface area contributed by atoms with Crippen LogP contribution in [0.1, 0.15) is 0 Å². The molecular weight excluding hydrogens is 164 g/mol. The topological polar surface area (TPSA) is 41.3 Å².